The molecule has 0 aliphatic rings. The molecule has 0 fully saturated rings. The third-order valence-corrected chi connectivity index (χ3v) is 14.8. The first-order valence-electron chi connectivity index (χ1n) is 17.9. The average Bonchev–Trinajstić information content (AvgIpc) is 3.82. The van der Waals surface area contributed by atoms with Crippen LogP contribution in [0.3, 0.4) is 0 Å². The van der Waals surface area contributed by atoms with E-state index >= 15 is 0 Å². The molecule has 10 rings (SSSR count). The zero-order chi connectivity index (χ0) is 35.8. The Labute approximate surface area is 320 Å². The van der Waals surface area contributed by atoms with E-state index in [0.717, 1.165) is 64.4 Å². The summed E-state index contributed by atoms with van der Waals surface area (Å²) in [6.45, 7) is 0. The molecular weight excluding hydrogens is 717 g/mol. The molecule has 10 aromatic rings. The normalized spacial score (nSPS) is 11.7. The molecule has 1 N–H and O–H groups in total. The lowest BCUT2D eigenvalue weighted by Crippen LogP contribution is -2.15. The fraction of sp³-hybridized carbons (Fsp3) is 0. The van der Waals surface area contributed by atoms with Crippen molar-refractivity contribution in [3.63, 3.8) is 0 Å². The number of aromatic nitrogens is 1. The first-order chi connectivity index (χ1) is 26.8. The van der Waals surface area contributed by atoms with Gasteiger partial charge in [0.2, 0.25) is 0 Å². The van der Waals surface area contributed by atoms with Crippen molar-refractivity contribution in [3.05, 3.63) is 194 Å². The molecule has 0 spiro atoms. The van der Waals surface area contributed by atoms with Crippen molar-refractivity contribution in [1.29, 1.82) is 0 Å². The SMILES string of the molecule is c1ccc(P(Oc2cccc3c2sc2c(OP(c4ccccc4)c4ccccc4)cc(-c4cccc5c4[nH]c4ccccc45)cc23)c2ccccc2)cc1. The quantitative estimate of drug-likeness (QED) is 0.149. The molecule has 0 aliphatic heterocycles. The summed E-state index contributed by atoms with van der Waals surface area (Å²) in [5.74, 6) is 1.75. The average molecular weight is 750 g/mol. The summed E-state index contributed by atoms with van der Waals surface area (Å²) in [6, 6.07) is 68.6. The van der Waals surface area contributed by atoms with Crippen molar-refractivity contribution in [1.82, 2.24) is 4.98 Å². The molecular formula is C48H33NO2P2S. The van der Waals surface area contributed by atoms with Gasteiger partial charge in [-0.1, -0.05) is 170 Å². The highest BCUT2D eigenvalue weighted by molar-refractivity contribution is 7.69. The second-order valence-corrected chi connectivity index (χ2v) is 17.7. The van der Waals surface area contributed by atoms with E-state index in [1.54, 1.807) is 11.3 Å². The molecule has 258 valence electrons. The highest BCUT2D eigenvalue weighted by Gasteiger charge is 2.24. The molecule has 0 saturated carbocycles. The Morgan fingerprint density at radius 2 is 0.870 bits per heavy atom. The number of fused-ring (bicyclic) bond motifs is 6. The van der Waals surface area contributed by atoms with E-state index in [4.69, 9.17) is 9.05 Å². The highest BCUT2D eigenvalue weighted by atomic mass is 32.1. The molecule has 6 heteroatoms. The van der Waals surface area contributed by atoms with E-state index < -0.39 is 16.3 Å². The van der Waals surface area contributed by atoms with Crippen LogP contribution in [0.2, 0.25) is 0 Å². The molecule has 8 aromatic carbocycles. The first kappa shape index (κ1) is 32.9. The lowest BCUT2D eigenvalue weighted by Gasteiger charge is -2.20. The third-order valence-electron chi connectivity index (χ3n) is 9.72. The summed E-state index contributed by atoms with van der Waals surface area (Å²) in [5, 5.41) is 9.41. The molecule has 54 heavy (non-hydrogen) atoms. The predicted molar refractivity (Wildman–Crippen MR) is 234 cm³/mol. The van der Waals surface area contributed by atoms with Gasteiger partial charge in [-0.15, -0.1) is 11.3 Å². The van der Waals surface area contributed by atoms with Gasteiger partial charge in [0.15, 0.2) is 16.3 Å². The van der Waals surface area contributed by atoms with Crippen LogP contribution in [0, 0.1) is 0 Å². The highest BCUT2D eigenvalue weighted by Crippen LogP contribution is 2.51. The van der Waals surface area contributed by atoms with Gasteiger partial charge >= 0.3 is 0 Å². The standard InChI is InChI=1S/C48H33NO2P2S/c1-5-17-34(18-6-1)52(35-19-7-2-8-20-35)50-44-30-16-28-41-42-31-33(38-26-15-27-40-39-25-13-14-29-43(39)49-46(38)40)32-45(48(42)54-47(41)44)51-53(36-21-9-3-10-22-36)37-23-11-4-12-24-37/h1-32,49H. The Kier molecular flexibility index (Phi) is 8.66. The van der Waals surface area contributed by atoms with Gasteiger partial charge in [-0.25, -0.2) is 0 Å². The topological polar surface area (TPSA) is 34.2 Å². The number of thiophene rings is 1. The van der Waals surface area contributed by atoms with Gasteiger partial charge in [-0.2, -0.15) is 0 Å². The van der Waals surface area contributed by atoms with E-state index in [0.29, 0.717) is 0 Å². The molecule has 0 aliphatic carbocycles. The second-order valence-electron chi connectivity index (χ2n) is 13.1. The number of aromatic amines is 1. The van der Waals surface area contributed by atoms with E-state index in [1.165, 1.54) is 21.4 Å². The number of para-hydroxylation sites is 2. The van der Waals surface area contributed by atoms with Gasteiger partial charge in [0, 0.05) is 53.8 Å². The van der Waals surface area contributed by atoms with Gasteiger partial charge in [0.1, 0.15) is 11.5 Å². The van der Waals surface area contributed by atoms with Crippen molar-refractivity contribution >= 4 is 90.8 Å². The maximum atomic E-state index is 7.35. The summed E-state index contributed by atoms with van der Waals surface area (Å²) in [4.78, 5) is 3.75. The third kappa shape index (κ3) is 6.03. The Bertz CT molecular complexity index is 2810. The molecule has 0 radical (unpaired) electrons. The molecule has 0 atom stereocenters. The molecule has 2 aromatic heterocycles. The summed E-state index contributed by atoms with van der Waals surface area (Å²) < 4.78 is 16.7. The summed E-state index contributed by atoms with van der Waals surface area (Å²) >= 11 is 1.75. The Hall–Kier alpha value is -5.76. The van der Waals surface area contributed by atoms with Crippen molar-refractivity contribution in [2.45, 2.75) is 0 Å². The first-order valence-corrected chi connectivity index (χ1v) is 21.3. The van der Waals surface area contributed by atoms with Gasteiger partial charge in [0.05, 0.1) is 14.9 Å². The lowest BCUT2D eigenvalue weighted by atomic mass is 9.99. The van der Waals surface area contributed by atoms with Crippen molar-refractivity contribution < 1.29 is 9.05 Å². The van der Waals surface area contributed by atoms with Crippen LogP contribution >= 0.6 is 27.6 Å². The van der Waals surface area contributed by atoms with Crippen LogP contribution in [0.25, 0.3) is 53.1 Å². The van der Waals surface area contributed by atoms with Crippen LogP contribution in [-0.4, -0.2) is 4.98 Å². The Balaban J connectivity index is 1.19. The van der Waals surface area contributed by atoms with Crippen molar-refractivity contribution in [2.75, 3.05) is 0 Å². The van der Waals surface area contributed by atoms with Crippen LogP contribution in [0.4, 0.5) is 0 Å². The van der Waals surface area contributed by atoms with Crippen molar-refractivity contribution in [3.8, 4) is 22.6 Å². The zero-order valence-electron chi connectivity index (χ0n) is 29.1. The van der Waals surface area contributed by atoms with Gasteiger partial charge in [0.25, 0.3) is 0 Å². The minimum absolute atomic E-state index is 0.870. The second kappa shape index (κ2) is 14.2. The van der Waals surface area contributed by atoms with E-state index in [9.17, 15) is 0 Å². The molecule has 0 unspecified atom stereocenters. The van der Waals surface area contributed by atoms with Gasteiger partial charge < -0.3 is 14.0 Å². The maximum absolute atomic E-state index is 7.35. The summed E-state index contributed by atoms with van der Waals surface area (Å²) in [7, 11) is -2.28. The molecule has 0 bridgehead atoms. The van der Waals surface area contributed by atoms with Gasteiger partial charge in [-0.05, 0) is 29.8 Å². The predicted octanol–water partition coefficient (Wildman–Crippen LogP) is 12.2. The number of hydrogen-bond donors (Lipinski definition) is 1. The summed E-state index contributed by atoms with van der Waals surface area (Å²) in [6.07, 6.45) is 0. The Morgan fingerprint density at radius 1 is 0.389 bits per heavy atom. The minimum Gasteiger partial charge on any atom is -0.463 e. The number of rotatable bonds is 9. The van der Waals surface area contributed by atoms with E-state index in [-0.39, 0.29) is 0 Å². The maximum Gasteiger partial charge on any atom is 0.150 e. The molecule has 0 saturated heterocycles. The monoisotopic (exact) mass is 749 g/mol. The van der Waals surface area contributed by atoms with Crippen LogP contribution in [0.15, 0.2) is 194 Å². The number of hydrogen-bond acceptors (Lipinski definition) is 3. The molecule has 3 nitrogen and oxygen atoms in total. The fourth-order valence-electron chi connectivity index (χ4n) is 7.21. The van der Waals surface area contributed by atoms with E-state index in [1.807, 2.05) is 0 Å². The molecule has 0 amide bonds. The smallest absolute Gasteiger partial charge is 0.150 e. The van der Waals surface area contributed by atoms with Crippen LogP contribution in [0.5, 0.6) is 11.5 Å². The van der Waals surface area contributed by atoms with Crippen LogP contribution < -0.4 is 30.3 Å². The van der Waals surface area contributed by atoms with Crippen LogP contribution in [-0.2, 0) is 0 Å². The van der Waals surface area contributed by atoms with E-state index in [2.05, 4.69) is 199 Å². The number of nitrogens with one attached hydrogen (secondary N) is 1. The summed E-state index contributed by atoms with van der Waals surface area (Å²) in [5.41, 5.74) is 4.50. The minimum atomic E-state index is -1.17. The fourth-order valence-corrected chi connectivity index (χ4v) is 12.0. The van der Waals surface area contributed by atoms with Gasteiger partial charge in [-0.3, -0.25) is 0 Å². The largest absolute Gasteiger partial charge is 0.463 e. The number of benzene rings is 8. The lowest BCUT2D eigenvalue weighted by molar-refractivity contribution is 0.639. The Morgan fingerprint density at radius 3 is 1.48 bits per heavy atom. The van der Waals surface area contributed by atoms with Crippen LogP contribution in [0.1, 0.15) is 0 Å². The zero-order valence-corrected chi connectivity index (χ0v) is 31.7. The van der Waals surface area contributed by atoms with Crippen molar-refractivity contribution in [2.24, 2.45) is 0 Å². The number of H-pyrrole nitrogens is 1. The molecule has 2 heterocycles.